The highest BCUT2D eigenvalue weighted by Gasteiger charge is 2.27. The van der Waals surface area contributed by atoms with Crippen LogP contribution in [-0.4, -0.2) is 54.6 Å². The van der Waals surface area contributed by atoms with E-state index >= 15 is 0 Å². The minimum absolute atomic E-state index is 0.0518. The minimum Gasteiger partial charge on any atom is -0.450 e. The van der Waals surface area contributed by atoms with E-state index < -0.39 is 5.82 Å². The third-order valence-corrected chi connectivity index (χ3v) is 4.40. The number of hydrogen-bond donors (Lipinski definition) is 0. The Labute approximate surface area is 152 Å². The highest BCUT2D eigenvalue weighted by atomic mass is 19.1. The van der Waals surface area contributed by atoms with Crippen LogP contribution in [0, 0.1) is 5.82 Å². The summed E-state index contributed by atoms with van der Waals surface area (Å²) in [6.07, 6.45) is -0.378. The second-order valence-corrected chi connectivity index (χ2v) is 6.04. The molecule has 0 spiro atoms. The predicted octanol–water partition coefficient (Wildman–Crippen LogP) is 3.41. The van der Waals surface area contributed by atoms with Gasteiger partial charge in [0.1, 0.15) is 5.82 Å². The summed E-state index contributed by atoms with van der Waals surface area (Å²) in [5.41, 5.74) is 1.77. The van der Waals surface area contributed by atoms with Crippen molar-refractivity contribution in [3.63, 3.8) is 0 Å². The first-order valence-electron chi connectivity index (χ1n) is 8.66. The molecule has 6 heteroatoms. The highest BCUT2D eigenvalue weighted by Crippen LogP contribution is 2.23. The SMILES string of the molecule is CCOC(=O)N1CCN(C(=O)c2cc(-c3ccccc3)ccc2F)CC1. The molecule has 2 aromatic carbocycles. The summed E-state index contributed by atoms with van der Waals surface area (Å²) in [6.45, 7) is 3.53. The Morgan fingerprint density at radius 1 is 0.962 bits per heavy atom. The van der Waals surface area contributed by atoms with Gasteiger partial charge < -0.3 is 14.5 Å². The maximum absolute atomic E-state index is 14.3. The van der Waals surface area contributed by atoms with E-state index in [4.69, 9.17) is 4.74 Å². The molecule has 0 radical (unpaired) electrons. The molecular formula is C20H21FN2O3. The third-order valence-electron chi connectivity index (χ3n) is 4.40. The van der Waals surface area contributed by atoms with Crippen LogP contribution >= 0.6 is 0 Å². The van der Waals surface area contributed by atoms with Crippen LogP contribution in [0.25, 0.3) is 11.1 Å². The lowest BCUT2D eigenvalue weighted by atomic mass is 10.0. The summed E-state index contributed by atoms with van der Waals surface area (Å²) in [7, 11) is 0. The molecule has 1 fully saturated rings. The molecule has 5 nitrogen and oxygen atoms in total. The molecule has 3 rings (SSSR count). The normalized spacial score (nSPS) is 14.2. The molecule has 0 saturated carbocycles. The van der Waals surface area contributed by atoms with Crippen LogP contribution in [0.2, 0.25) is 0 Å². The standard InChI is InChI=1S/C20H21FN2O3/c1-2-26-20(25)23-12-10-22(11-13-23)19(24)17-14-16(8-9-18(17)21)15-6-4-3-5-7-15/h3-9,14H,2,10-13H2,1H3. The van der Waals surface area contributed by atoms with Crippen LogP contribution in [0.1, 0.15) is 17.3 Å². The van der Waals surface area contributed by atoms with E-state index in [2.05, 4.69) is 0 Å². The molecule has 1 saturated heterocycles. The first kappa shape index (κ1) is 17.9. The fraction of sp³-hybridized carbons (Fsp3) is 0.300. The maximum atomic E-state index is 14.3. The first-order valence-corrected chi connectivity index (χ1v) is 8.66. The van der Waals surface area contributed by atoms with Crippen molar-refractivity contribution in [1.82, 2.24) is 9.80 Å². The Hall–Kier alpha value is -2.89. The zero-order valence-electron chi connectivity index (χ0n) is 14.7. The van der Waals surface area contributed by atoms with Crippen molar-refractivity contribution in [2.24, 2.45) is 0 Å². The molecule has 0 atom stereocenters. The Kier molecular flexibility index (Phi) is 5.51. The van der Waals surface area contributed by atoms with Crippen molar-refractivity contribution in [2.45, 2.75) is 6.92 Å². The van der Waals surface area contributed by atoms with Crippen molar-refractivity contribution in [3.8, 4) is 11.1 Å². The molecular weight excluding hydrogens is 335 g/mol. The van der Waals surface area contributed by atoms with Crippen LogP contribution in [-0.2, 0) is 4.74 Å². The van der Waals surface area contributed by atoms with Crippen LogP contribution in [0.15, 0.2) is 48.5 Å². The number of hydrogen-bond acceptors (Lipinski definition) is 3. The summed E-state index contributed by atoms with van der Waals surface area (Å²) in [4.78, 5) is 27.6. The van der Waals surface area contributed by atoms with Gasteiger partial charge in [-0.25, -0.2) is 9.18 Å². The average Bonchev–Trinajstić information content (AvgIpc) is 2.69. The average molecular weight is 356 g/mol. The summed E-state index contributed by atoms with van der Waals surface area (Å²) < 4.78 is 19.2. The van der Waals surface area contributed by atoms with Crippen molar-refractivity contribution in [2.75, 3.05) is 32.8 Å². The fourth-order valence-electron chi connectivity index (χ4n) is 2.98. The quantitative estimate of drug-likeness (QED) is 0.847. The summed E-state index contributed by atoms with van der Waals surface area (Å²) >= 11 is 0. The minimum atomic E-state index is -0.539. The lowest BCUT2D eigenvalue weighted by molar-refractivity contribution is 0.0567. The molecule has 0 aromatic heterocycles. The molecule has 136 valence electrons. The zero-order valence-corrected chi connectivity index (χ0v) is 14.7. The Balaban J connectivity index is 1.73. The molecule has 2 aromatic rings. The molecule has 1 aliphatic rings. The van der Waals surface area contributed by atoms with E-state index in [1.54, 1.807) is 28.9 Å². The summed E-state index contributed by atoms with van der Waals surface area (Å²) in [5, 5.41) is 0. The molecule has 0 bridgehead atoms. The third kappa shape index (κ3) is 3.85. The fourth-order valence-corrected chi connectivity index (χ4v) is 2.98. The topological polar surface area (TPSA) is 49.9 Å². The highest BCUT2D eigenvalue weighted by molar-refractivity contribution is 5.96. The first-order chi connectivity index (χ1) is 12.6. The molecule has 1 aliphatic heterocycles. The lowest BCUT2D eigenvalue weighted by Gasteiger charge is -2.34. The number of amides is 2. The number of carbonyl (C=O) groups excluding carboxylic acids is 2. The van der Waals surface area contributed by atoms with Gasteiger partial charge in [-0.15, -0.1) is 0 Å². The monoisotopic (exact) mass is 356 g/mol. The summed E-state index contributed by atoms with van der Waals surface area (Å²) in [6, 6.07) is 14.1. The smallest absolute Gasteiger partial charge is 0.409 e. The van der Waals surface area contributed by atoms with Crippen molar-refractivity contribution < 1.29 is 18.7 Å². The van der Waals surface area contributed by atoms with Crippen molar-refractivity contribution in [3.05, 3.63) is 59.9 Å². The largest absolute Gasteiger partial charge is 0.450 e. The second-order valence-electron chi connectivity index (χ2n) is 6.04. The van der Waals surface area contributed by atoms with E-state index in [9.17, 15) is 14.0 Å². The lowest BCUT2D eigenvalue weighted by Crippen LogP contribution is -2.50. The summed E-state index contributed by atoms with van der Waals surface area (Å²) in [5.74, 6) is -0.897. The Morgan fingerprint density at radius 2 is 1.62 bits per heavy atom. The number of ether oxygens (including phenoxy) is 1. The molecule has 26 heavy (non-hydrogen) atoms. The Morgan fingerprint density at radius 3 is 2.27 bits per heavy atom. The van der Waals surface area contributed by atoms with Gasteiger partial charge in [0.05, 0.1) is 12.2 Å². The number of carbonyl (C=O) groups is 2. The van der Waals surface area contributed by atoms with E-state index in [0.717, 1.165) is 11.1 Å². The number of benzene rings is 2. The molecule has 0 N–H and O–H groups in total. The molecule has 1 heterocycles. The van der Waals surface area contributed by atoms with Crippen LogP contribution in [0.3, 0.4) is 0 Å². The van der Waals surface area contributed by atoms with E-state index in [-0.39, 0.29) is 17.6 Å². The van der Waals surface area contributed by atoms with E-state index in [1.165, 1.54) is 6.07 Å². The van der Waals surface area contributed by atoms with Gasteiger partial charge in [0.25, 0.3) is 5.91 Å². The van der Waals surface area contributed by atoms with Gasteiger partial charge in [0.2, 0.25) is 0 Å². The van der Waals surface area contributed by atoms with Crippen molar-refractivity contribution in [1.29, 1.82) is 0 Å². The maximum Gasteiger partial charge on any atom is 0.409 e. The van der Waals surface area contributed by atoms with Gasteiger partial charge in [-0.05, 0) is 30.2 Å². The molecule has 2 amide bonds. The van der Waals surface area contributed by atoms with Gasteiger partial charge >= 0.3 is 6.09 Å². The van der Waals surface area contributed by atoms with Crippen LogP contribution < -0.4 is 0 Å². The van der Waals surface area contributed by atoms with E-state index in [1.807, 2.05) is 30.3 Å². The van der Waals surface area contributed by atoms with Crippen molar-refractivity contribution >= 4 is 12.0 Å². The van der Waals surface area contributed by atoms with Gasteiger partial charge in [-0.1, -0.05) is 36.4 Å². The van der Waals surface area contributed by atoms with Gasteiger partial charge in [0, 0.05) is 26.2 Å². The van der Waals surface area contributed by atoms with Gasteiger partial charge in [0.15, 0.2) is 0 Å². The number of nitrogens with zero attached hydrogens (tertiary/aromatic N) is 2. The van der Waals surface area contributed by atoms with Crippen LogP contribution in [0.4, 0.5) is 9.18 Å². The number of rotatable bonds is 3. The predicted molar refractivity (Wildman–Crippen MR) is 96.3 cm³/mol. The second kappa shape index (κ2) is 7.99. The van der Waals surface area contributed by atoms with Crippen LogP contribution in [0.5, 0.6) is 0 Å². The number of piperazine rings is 1. The molecule has 0 unspecified atom stereocenters. The number of halogens is 1. The van der Waals surface area contributed by atoms with Gasteiger partial charge in [-0.2, -0.15) is 0 Å². The van der Waals surface area contributed by atoms with E-state index in [0.29, 0.717) is 32.8 Å². The zero-order chi connectivity index (χ0) is 18.5. The van der Waals surface area contributed by atoms with Gasteiger partial charge in [-0.3, -0.25) is 4.79 Å². The Bertz CT molecular complexity index is 787. The molecule has 0 aliphatic carbocycles.